The Bertz CT molecular complexity index is 514. The van der Waals surface area contributed by atoms with Gasteiger partial charge in [0.15, 0.2) is 0 Å². The highest BCUT2D eigenvalue weighted by Crippen LogP contribution is 2.23. The lowest BCUT2D eigenvalue weighted by Crippen LogP contribution is -1.96. The molecule has 0 aliphatic rings. The molecule has 0 aliphatic carbocycles. The Morgan fingerprint density at radius 3 is 2.94 bits per heavy atom. The van der Waals surface area contributed by atoms with E-state index < -0.39 is 0 Å². The second-order valence-corrected chi connectivity index (χ2v) is 4.22. The Balaban J connectivity index is 2.16. The van der Waals surface area contributed by atoms with E-state index in [0.717, 1.165) is 16.7 Å². The Labute approximate surface area is 99.2 Å². The number of carbonyl (C=O) groups excluding carboxylic acids is 1. The zero-order valence-corrected chi connectivity index (χ0v) is 9.88. The number of hydrogen-bond donors (Lipinski definition) is 0. The molecule has 0 unspecified atom stereocenters. The molecule has 1 heterocycles. The number of halogens is 1. The van der Waals surface area contributed by atoms with Gasteiger partial charge in [0.25, 0.3) is 0 Å². The molecule has 84 valence electrons. The molecule has 0 fully saturated rings. The third kappa shape index (κ3) is 2.45. The predicted octanol–water partition coefficient (Wildman–Crippen LogP) is 4.00. The number of rotatable bonds is 4. The second kappa shape index (κ2) is 4.71. The minimum absolute atomic E-state index is 0.262. The summed E-state index contributed by atoms with van der Waals surface area (Å²) in [7, 11) is 0. The van der Waals surface area contributed by atoms with Crippen molar-refractivity contribution in [2.75, 3.05) is 0 Å². The molecule has 1 aromatic carbocycles. The first kappa shape index (κ1) is 11.2. The minimum atomic E-state index is 0.262. The second-order valence-electron chi connectivity index (χ2n) is 3.79. The number of fused-ring (bicyclic) bond motifs is 1. The normalized spacial score (nSPS) is 10.9. The van der Waals surface area contributed by atoms with Gasteiger partial charge in [-0.3, -0.25) is 4.79 Å². The third-order valence-electron chi connectivity index (χ3n) is 2.57. The Hall–Kier alpha value is -1.28. The lowest BCUT2D eigenvalue weighted by atomic mass is 10.1. The van der Waals surface area contributed by atoms with E-state index in [1.165, 1.54) is 0 Å². The molecule has 0 spiro atoms. The van der Waals surface area contributed by atoms with Gasteiger partial charge in [0.05, 0.1) is 0 Å². The average molecular weight is 237 g/mol. The summed E-state index contributed by atoms with van der Waals surface area (Å²) >= 11 is 5.88. The van der Waals surface area contributed by atoms with Crippen molar-refractivity contribution in [1.29, 1.82) is 0 Å². The highest BCUT2D eigenvalue weighted by atomic mass is 35.5. The van der Waals surface area contributed by atoms with Gasteiger partial charge in [0, 0.05) is 29.7 Å². The summed E-state index contributed by atoms with van der Waals surface area (Å²) in [6.45, 7) is 1.88. The van der Waals surface area contributed by atoms with Crippen LogP contribution in [0.4, 0.5) is 0 Å². The van der Waals surface area contributed by atoms with Crippen LogP contribution in [0.2, 0.25) is 5.02 Å². The minimum Gasteiger partial charge on any atom is -0.461 e. The molecule has 0 aliphatic heterocycles. The average Bonchev–Trinajstić information content (AvgIpc) is 2.67. The van der Waals surface area contributed by atoms with E-state index >= 15 is 0 Å². The summed E-state index contributed by atoms with van der Waals surface area (Å²) < 4.78 is 5.61. The van der Waals surface area contributed by atoms with Crippen molar-refractivity contribution in [3.05, 3.63) is 35.0 Å². The number of ketones is 1. The number of furan rings is 1. The molecule has 0 saturated carbocycles. The fourth-order valence-electron chi connectivity index (χ4n) is 1.63. The molecule has 1 aromatic heterocycles. The van der Waals surface area contributed by atoms with Crippen LogP contribution >= 0.6 is 11.6 Å². The van der Waals surface area contributed by atoms with Gasteiger partial charge in [-0.05, 0) is 24.3 Å². The van der Waals surface area contributed by atoms with Crippen LogP contribution in [0.5, 0.6) is 0 Å². The van der Waals surface area contributed by atoms with Crippen molar-refractivity contribution >= 4 is 28.4 Å². The van der Waals surface area contributed by atoms with E-state index in [0.29, 0.717) is 24.3 Å². The van der Waals surface area contributed by atoms with Gasteiger partial charge in [-0.1, -0.05) is 18.5 Å². The maximum atomic E-state index is 11.2. The fourth-order valence-corrected chi connectivity index (χ4v) is 1.81. The lowest BCUT2D eigenvalue weighted by molar-refractivity contribution is -0.118. The molecule has 0 saturated heterocycles. The smallest absolute Gasteiger partial charge is 0.134 e. The largest absolute Gasteiger partial charge is 0.461 e. The predicted molar refractivity (Wildman–Crippen MR) is 64.8 cm³/mol. The summed E-state index contributed by atoms with van der Waals surface area (Å²) in [6, 6.07) is 7.47. The molecular formula is C13H13ClO2. The van der Waals surface area contributed by atoms with Crippen molar-refractivity contribution in [3.63, 3.8) is 0 Å². The molecule has 2 nitrogen and oxygen atoms in total. The maximum Gasteiger partial charge on any atom is 0.134 e. The molecule has 2 rings (SSSR count). The number of benzene rings is 1. The van der Waals surface area contributed by atoms with Crippen LogP contribution in [0.1, 0.15) is 25.5 Å². The van der Waals surface area contributed by atoms with E-state index in [-0.39, 0.29) is 5.78 Å². The van der Waals surface area contributed by atoms with Crippen molar-refractivity contribution in [1.82, 2.24) is 0 Å². The van der Waals surface area contributed by atoms with Crippen molar-refractivity contribution < 1.29 is 9.21 Å². The van der Waals surface area contributed by atoms with Crippen LogP contribution in [0.3, 0.4) is 0 Å². The standard InChI is InChI=1S/C13H13ClO2/c1-2-11(15)4-5-12-8-9-7-10(14)3-6-13(9)16-12/h3,6-8H,2,4-5H2,1H3. The Morgan fingerprint density at radius 2 is 2.19 bits per heavy atom. The Morgan fingerprint density at radius 1 is 1.38 bits per heavy atom. The molecule has 3 heteroatoms. The quantitative estimate of drug-likeness (QED) is 0.803. The monoisotopic (exact) mass is 236 g/mol. The Kier molecular flexibility index (Phi) is 3.30. The number of aryl methyl sites for hydroxylation is 1. The van der Waals surface area contributed by atoms with E-state index in [1.807, 2.05) is 25.1 Å². The number of hydrogen-bond acceptors (Lipinski definition) is 2. The van der Waals surface area contributed by atoms with Crippen LogP contribution in [-0.2, 0) is 11.2 Å². The number of Topliss-reactive ketones (excluding diaryl/α,β-unsaturated/α-hetero) is 1. The first-order chi connectivity index (χ1) is 7.69. The molecule has 16 heavy (non-hydrogen) atoms. The van der Waals surface area contributed by atoms with Gasteiger partial charge in [-0.15, -0.1) is 0 Å². The molecule has 0 bridgehead atoms. The van der Waals surface area contributed by atoms with E-state index in [4.69, 9.17) is 16.0 Å². The first-order valence-corrected chi connectivity index (χ1v) is 5.76. The van der Waals surface area contributed by atoms with Gasteiger partial charge in [-0.2, -0.15) is 0 Å². The van der Waals surface area contributed by atoms with Gasteiger partial charge < -0.3 is 4.42 Å². The molecule has 2 aromatic rings. The summed E-state index contributed by atoms with van der Waals surface area (Å²) in [5, 5.41) is 1.69. The zero-order chi connectivity index (χ0) is 11.5. The lowest BCUT2D eigenvalue weighted by Gasteiger charge is -1.93. The van der Waals surface area contributed by atoms with E-state index in [9.17, 15) is 4.79 Å². The molecular weight excluding hydrogens is 224 g/mol. The third-order valence-corrected chi connectivity index (χ3v) is 2.81. The molecule has 0 N–H and O–H groups in total. The molecule has 0 atom stereocenters. The van der Waals surface area contributed by atoms with Crippen molar-refractivity contribution in [2.24, 2.45) is 0 Å². The van der Waals surface area contributed by atoms with Crippen molar-refractivity contribution in [2.45, 2.75) is 26.2 Å². The fraction of sp³-hybridized carbons (Fsp3) is 0.308. The molecule has 0 amide bonds. The van der Waals surface area contributed by atoms with Gasteiger partial charge in [-0.25, -0.2) is 0 Å². The van der Waals surface area contributed by atoms with Crippen LogP contribution in [-0.4, -0.2) is 5.78 Å². The van der Waals surface area contributed by atoms with Crippen molar-refractivity contribution in [3.8, 4) is 0 Å². The maximum absolute atomic E-state index is 11.2. The highest BCUT2D eigenvalue weighted by Gasteiger charge is 2.06. The summed E-state index contributed by atoms with van der Waals surface area (Å²) in [5.41, 5.74) is 0.823. The molecule has 0 radical (unpaired) electrons. The van der Waals surface area contributed by atoms with Crippen LogP contribution in [0, 0.1) is 0 Å². The number of carbonyl (C=O) groups is 1. The van der Waals surface area contributed by atoms with Gasteiger partial charge in [0.1, 0.15) is 17.1 Å². The highest BCUT2D eigenvalue weighted by molar-refractivity contribution is 6.31. The van der Waals surface area contributed by atoms with Gasteiger partial charge >= 0.3 is 0 Å². The summed E-state index contributed by atoms with van der Waals surface area (Å²) in [5.74, 6) is 1.11. The van der Waals surface area contributed by atoms with Crippen LogP contribution in [0.25, 0.3) is 11.0 Å². The SMILES string of the molecule is CCC(=O)CCc1cc2cc(Cl)ccc2o1. The zero-order valence-electron chi connectivity index (χ0n) is 9.13. The van der Waals surface area contributed by atoms with Crippen LogP contribution in [0.15, 0.2) is 28.7 Å². The summed E-state index contributed by atoms with van der Waals surface area (Å²) in [4.78, 5) is 11.2. The van der Waals surface area contributed by atoms with Gasteiger partial charge in [0.2, 0.25) is 0 Å². The topological polar surface area (TPSA) is 30.2 Å². The summed E-state index contributed by atoms with van der Waals surface area (Å²) in [6.07, 6.45) is 1.80. The van der Waals surface area contributed by atoms with E-state index in [1.54, 1.807) is 6.07 Å². The van der Waals surface area contributed by atoms with Crippen LogP contribution < -0.4 is 0 Å². The van der Waals surface area contributed by atoms with E-state index in [2.05, 4.69) is 0 Å². The first-order valence-electron chi connectivity index (χ1n) is 5.38.